The van der Waals surface area contributed by atoms with E-state index in [4.69, 9.17) is 0 Å². The van der Waals surface area contributed by atoms with Gasteiger partial charge in [0.2, 0.25) is 11.8 Å². The Kier molecular flexibility index (Phi) is 7.05. The van der Waals surface area contributed by atoms with E-state index in [9.17, 15) is 19.7 Å². The Morgan fingerprint density at radius 2 is 1.74 bits per heavy atom. The topological polar surface area (TPSA) is 92.6 Å². The van der Waals surface area contributed by atoms with Crippen molar-refractivity contribution in [3.8, 4) is 0 Å². The van der Waals surface area contributed by atoms with Gasteiger partial charge < -0.3 is 10.2 Å². The molecule has 2 rings (SSSR count). The number of hydrogen-bond donors (Lipinski definition) is 1. The smallest absolute Gasteiger partial charge is 0.273 e. The Morgan fingerprint density at radius 1 is 1.11 bits per heavy atom. The summed E-state index contributed by atoms with van der Waals surface area (Å²) in [5, 5.41) is 13.7. The second kappa shape index (κ2) is 9.47. The average molecular weight is 369 g/mol. The highest BCUT2D eigenvalue weighted by Gasteiger charge is 2.26. The standard InChI is InChI=1S/C20H23N3O4/c1-15(20(25)21-2)22(13-12-16-8-4-3-5-9-16)19(24)14-17-10-6-7-11-18(17)23(26)27/h3-11,15H,12-14H2,1-2H3,(H,21,25)/t15-/m1/s1. The van der Waals surface area contributed by atoms with Crippen molar-refractivity contribution < 1.29 is 14.5 Å². The first-order chi connectivity index (χ1) is 12.9. The van der Waals surface area contributed by atoms with Crippen LogP contribution < -0.4 is 5.32 Å². The van der Waals surface area contributed by atoms with E-state index >= 15 is 0 Å². The number of likely N-dealkylation sites (N-methyl/N-ethyl adjacent to an activating group) is 1. The van der Waals surface area contributed by atoms with E-state index < -0.39 is 11.0 Å². The molecule has 0 radical (unpaired) electrons. The molecule has 7 nitrogen and oxygen atoms in total. The van der Waals surface area contributed by atoms with Crippen molar-refractivity contribution in [1.29, 1.82) is 0 Å². The number of rotatable bonds is 8. The van der Waals surface area contributed by atoms with Crippen molar-refractivity contribution in [2.24, 2.45) is 0 Å². The van der Waals surface area contributed by atoms with E-state index in [2.05, 4.69) is 5.32 Å². The molecule has 2 aromatic rings. The summed E-state index contributed by atoms with van der Waals surface area (Å²) in [6.07, 6.45) is 0.456. The first-order valence-corrected chi connectivity index (χ1v) is 8.71. The quantitative estimate of drug-likeness (QED) is 0.571. The van der Waals surface area contributed by atoms with Crippen LogP contribution in [-0.4, -0.2) is 41.3 Å². The molecule has 0 heterocycles. The van der Waals surface area contributed by atoms with Gasteiger partial charge in [-0.3, -0.25) is 19.7 Å². The first-order valence-electron chi connectivity index (χ1n) is 8.71. The Hall–Kier alpha value is -3.22. The fourth-order valence-corrected chi connectivity index (χ4v) is 2.88. The number of nitrogens with one attached hydrogen (secondary N) is 1. The Morgan fingerprint density at radius 3 is 2.37 bits per heavy atom. The van der Waals surface area contributed by atoms with E-state index in [0.717, 1.165) is 5.56 Å². The number of nitro benzene ring substituents is 1. The highest BCUT2D eigenvalue weighted by molar-refractivity contribution is 5.88. The normalized spacial score (nSPS) is 11.5. The molecule has 142 valence electrons. The minimum absolute atomic E-state index is 0.0959. The van der Waals surface area contributed by atoms with Gasteiger partial charge in [-0.25, -0.2) is 0 Å². The van der Waals surface area contributed by atoms with Gasteiger partial charge in [-0.15, -0.1) is 0 Å². The van der Waals surface area contributed by atoms with Crippen molar-refractivity contribution in [1.82, 2.24) is 10.2 Å². The molecule has 0 bridgehead atoms. The third-order valence-corrected chi connectivity index (χ3v) is 4.43. The lowest BCUT2D eigenvalue weighted by atomic mass is 10.1. The predicted octanol–water partition coefficient (Wildman–Crippen LogP) is 2.34. The Labute approximate surface area is 158 Å². The maximum absolute atomic E-state index is 12.9. The van der Waals surface area contributed by atoms with Gasteiger partial charge in [0.1, 0.15) is 6.04 Å². The van der Waals surface area contributed by atoms with Crippen molar-refractivity contribution >= 4 is 17.5 Å². The lowest BCUT2D eigenvalue weighted by Crippen LogP contribution is -2.48. The molecule has 0 saturated carbocycles. The number of nitrogens with zero attached hydrogens (tertiary/aromatic N) is 2. The molecular formula is C20H23N3O4. The Balaban J connectivity index is 2.20. The lowest BCUT2D eigenvalue weighted by molar-refractivity contribution is -0.385. The van der Waals surface area contributed by atoms with Gasteiger partial charge in [-0.05, 0) is 18.9 Å². The van der Waals surface area contributed by atoms with Crippen LogP contribution in [0.2, 0.25) is 0 Å². The van der Waals surface area contributed by atoms with Gasteiger partial charge in [-0.1, -0.05) is 48.5 Å². The van der Waals surface area contributed by atoms with Crippen LogP contribution in [0.15, 0.2) is 54.6 Å². The molecule has 0 aliphatic heterocycles. The van der Waals surface area contributed by atoms with Crippen molar-refractivity contribution in [2.75, 3.05) is 13.6 Å². The van der Waals surface area contributed by atoms with Crippen LogP contribution in [0.4, 0.5) is 5.69 Å². The third kappa shape index (κ3) is 5.37. The maximum atomic E-state index is 12.9. The SMILES string of the molecule is CNC(=O)[C@@H](C)N(CCc1ccccc1)C(=O)Cc1ccccc1[N+](=O)[O-]. The molecule has 0 fully saturated rings. The number of para-hydroxylation sites is 1. The molecule has 0 spiro atoms. The summed E-state index contributed by atoms with van der Waals surface area (Å²) in [7, 11) is 1.51. The van der Waals surface area contributed by atoms with Crippen molar-refractivity contribution in [3.05, 3.63) is 75.8 Å². The van der Waals surface area contributed by atoms with Gasteiger partial charge >= 0.3 is 0 Å². The molecule has 0 aromatic heterocycles. The number of carbonyl (C=O) groups excluding carboxylic acids is 2. The van der Waals surface area contributed by atoms with Crippen LogP contribution in [0, 0.1) is 10.1 Å². The summed E-state index contributed by atoms with van der Waals surface area (Å²) in [6, 6.07) is 15.1. The van der Waals surface area contributed by atoms with Gasteiger partial charge in [0.05, 0.1) is 11.3 Å². The maximum Gasteiger partial charge on any atom is 0.273 e. The van der Waals surface area contributed by atoms with Crippen LogP contribution >= 0.6 is 0 Å². The first kappa shape index (κ1) is 20.1. The molecule has 0 aliphatic carbocycles. The molecule has 0 aliphatic rings. The summed E-state index contributed by atoms with van der Waals surface area (Å²) < 4.78 is 0. The van der Waals surface area contributed by atoms with Crippen LogP contribution in [0.5, 0.6) is 0 Å². The fourth-order valence-electron chi connectivity index (χ4n) is 2.88. The summed E-state index contributed by atoms with van der Waals surface area (Å²) in [4.78, 5) is 37.1. The molecule has 2 amide bonds. The van der Waals surface area contributed by atoms with Gasteiger partial charge in [0.25, 0.3) is 5.69 Å². The lowest BCUT2D eigenvalue weighted by Gasteiger charge is -2.28. The predicted molar refractivity (Wildman–Crippen MR) is 102 cm³/mol. The van der Waals surface area contributed by atoms with Crippen molar-refractivity contribution in [2.45, 2.75) is 25.8 Å². The minimum Gasteiger partial charge on any atom is -0.357 e. The molecule has 7 heteroatoms. The summed E-state index contributed by atoms with van der Waals surface area (Å²) >= 11 is 0. The summed E-state index contributed by atoms with van der Waals surface area (Å²) in [5.41, 5.74) is 1.29. The molecular weight excluding hydrogens is 346 g/mol. The molecule has 0 saturated heterocycles. The zero-order valence-corrected chi connectivity index (χ0v) is 15.4. The third-order valence-electron chi connectivity index (χ3n) is 4.43. The van der Waals surface area contributed by atoms with E-state index in [1.54, 1.807) is 25.1 Å². The summed E-state index contributed by atoms with van der Waals surface area (Å²) in [5.74, 6) is -0.602. The van der Waals surface area contributed by atoms with Gasteiger partial charge in [-0.2, -0.15) is 0 Å². The van der Waals surface area contributed by atoms with E-state index in [1.807, 2.05) is 30.3 Å². The number of benzene rings is 2. The highest BCUT2D eigenvalue weighted by atomic mass is 16.6. The minimum atomic E-state index is -0.672. The van der Waals surface area contributed by atoms with E-state index in [-0.39, 0.29) is 23.9 Å². The Bertz CT molecular complexity index is 808. The number of nitro groups is 1. The zero-order valence-electron chi connectivity index (χ0n) is 15.4. The number of hydrogen-bond acceptors (Lipinski definition) is 4. The number of amides is 2. The molecule has 27 heavy (non-hydrogen) atoms. The monoisotopic (exact) mass is 369 g/mol. The zero-order chi connectivity index (χ0) is 19.8. The molecule has 0 unspecified atom stereocenters. The van der Waals surface area contributed by atoms with Crippen molar-refractivity contribution in [3.63, 3.8) is 0 Å². The van der Waals surface area contributed by atoms with Crippen LogP contribution in [0.25, 0.3) is 0 Å². The van der Waals surface area contributed by atoms with E-state index in [1.165, 1.54) is 18.0 Å². The average Bonchev–Trinajstić information content (AvgIpc) is 2.68. The molecule has 1 N–H and O–H groups in total. The van der Waals surface area contributed by atoms with Gasteiger partial charge in [0, 0.05) is 25.2 Å². The fraction of sp³-hybridized carbons (Fsp3) is 0.300. The van der Waals surface area contributed by atoms with Crippen LogP contribution in [0.3, 0.4) is 0 Å². The van der Waals surface area contributed by atoms with E-state index in [0.29, 0.717) is 18.5 Å². The summed E-state index contributed by atoms with van der Waals surface area (Å²) in [6.45, 7) is 2.00. The molecule has 2 aromatic carbocycles. The molecule has 1 atom stereocenters. The largest absolute Gasteiger partial charge is 0.357 e. The second-order valence-electron chi connectivity index (χ2n) is 6.18. The number of carbonyl (C=O) groups is 2. The highest BCUT2D eigenvalue weighted by Crippen LogP contribution is 2.19. The van der Waals surface area contributed by atoms with Crippen LogP contribution in [0.1, 0.15) is 18.1 Å². The van der Waals surface area contributed by atoms with Gasteiger partial charge in [0.15, 0.2) is 0 Å². The van der Waals surface area contributed by atoms with Crippen LogP contribution in [-0.2, 0) is 22.4 Å². The second-order valence-corrected chi connectivity index (χ2v) is 6.18.